The minimum Gasteiger partial charge on any atom is -0.398 e. The van der Waals surface area contributed by atoms with Crippen molar-refractivity contribution in [2.45, 2.75) is 24.8 Å². The molecule has 106 valence electrons. The molecule has 0 aliphatic carbocycles. The molecule has 0 fully saturated rings. The number of benzene rings is 1. The first-order chi connectivity index (χ1) is 9.54. The summed E-state index contributed by atoms with van der Waals surface area (Å²) in [6.45, 7) is 2.27. The summed E-state index contributed by atoms with van der Waals surface area (Å²) in [6.07, 6.45) is 3.57. The molecule has 0 atom stereocenters. The molecule has 0 radical (unpaired) electrons. The van der Waals surface area contributed by atoms with E-state index in [1.54, 1.807) is 0 Å². The lowest BCUT2D eigenvalue weighted by Gasteiger charge is -2.11. The molecule has 0 saturated carbocycles. The van der Waals surface area contributed by atoms with Gasteiger partial charge in [0.25, 0.3) is 0 Å². The highest BCUT2D eigenvalue weighted by Gasteiger charge is 2.17. The summed E-state index contributed by atoms with van der Waals surface area (Å²) in [5.74, 6) is 0. The van der Waals surface area contributed by atoms with E-state index >= 15 is 0 Å². The van der Waals surface area contributed by atoms with Crippen molar-refractivity contribution in [2.24, 2.45) is 0 Å². The van der Waals surface area contributed by atoms with Gasteiger partial charge >= 0.3 is 0 Å². The molecular formula is C14H17N3O2S. The fraction of sp³-hybridized carbons (Fsp3) is 0.214. The SMILES string of the molecule is CCc1ccccc1CNS(=O)(=O)c1cnccc1N. The summed E-state index contributed by atoms with van der Waals surface area (Å²) in [5, 5.41) is 0. The molecule has 0 aliphatic rings. The Morgan fingerprint density at radius 1 is 1.20 bits per heavy atom. The molecule has 1 heterocycles. The number of aryl methyl sites for hydroxylation is 1. The summed E-state index contributed by atoms with van der Waals surface area (Å²) in [4.78, 5) is 3.81. The normalized spacial score (nSPS) is 11.4. The lowest BCUT2D eigenvalue weighted by Crippen LogP contribution is -2.24. The molecule has 5 nitrogen and oxygen atoms in total. The predicted octanol–water partition coefficient (Wildman–Crippen LogP) is 1.70. The summed E-state index contributed by atoms with van der Waals surface area (Å²) in [5.41, 5.74) is 7.94. The third-order valence-electron chi connectivity index (χ3n) is 3.06. The highest BCUT2D eigenvalue weighted by molar-refractivity contribution is 7.89. The fourth-order valence-electron chi connectivity index (χ4n) is 1.94. The predicted molar refractivity (Wildman–Crippen MR) is 78.5 cm³/mol. The number of aromatic nitrogens is 1. The second kappa shape index (κ2) is 6.02. The van der Waals surface area contributed by atoms with Crippen LogP contribution in [0.2, 0.25) is 0 Å². The Labute approximate surface area is 118 Å². The van der Waals surface area contributed by atoms with Gasteiger partial charge in [-0.15, -0.1) is 0 Å². The van der Waals surface area contributed by atoms with E-state index in [1.807, 2.05) is 31.2 Å². The Morgan fingerprint density at radius 3 is 2.55 bits per heavy atom. The number of nitrogens with zero attached hydrogens (tertiary/aromatic N) is 1. The number of anilines is 1. The zero-order valence-electron chi connectivity index (χ0n) is 11.2. The molecular weight excluding hydrogens is 274 g/mol. The van der Waals surface area contributed by atoms with E-state index in [0.29, 0.717) is 0 Å². The van der Waals surface area contributed by atoms with Crippen molar-refractivity contribution < 1.29 is 8.42 Å². The van der Waals surface area contributed by atoms with Gasteiger partial charge in [-0.1, -0.05) is 31.2 Å². The number of nitrogens with two attached hydrogens (primary N) is 1. The van der Waals surface area contributed by atoms with Crippen LogP contribution in [0.5, 0.6) is 0 Å². The van der Waals surface area contributed by atoms with Crippen molar-refractivity contribution in [3.8, 4) is 0 Å². The first-order valence-corrected chi connectivity index (χ1v) is 7.79. The van der Waals surface area contributed by atoms with E-state index in [4.69, 9.17) is 5.73 Å². The van der Waals surface area contributed by atoms with Gasteiger partial charge in [-0.3, -0.25) is 4.98 Å². The number of sulfonamides is 1. The van der Waals surface area contributed by atoms with E-state index in [9.17, 15) is 8.42 Å². The largest absolute Gasteiger partial charge is 0.398 e. The maximum atomic E-state index is 12.2. The number of hydrogen-bond acceptors (Lipinski definition) is 4. The molecule has 1 aromatic heterocycles. The van der Waals surface area contributed by atoms with Crippen LogP contribution in [0, 0.1) is 0 Å². The molecule has 2 aromatic rings. The maximum absolute atomic E-state index is 12.2. The van der Waals surface area contributed by atoms with Crippen LogP contribution >= 0.6 is 0 Å². The van der Waals surface area contributed by atoms with Crippen molar-refractivity contribution in [3.05, 3.63) is 53.9 Å². The third-order valence-corrected chi connectivity index (χ3v) is 4.50. The van der Waals surface area contributed by atoms with Crippen LogP contribution in [0.15, 0.2) is 47.6 Å². The van der Waals surface area contributed by atoms with Crippen LogP contribution in [-0.4, -0.2) is 13.4 Å². The minimum atomic E-state index is -3.65. The molecule has 0 spiro atoms. The lowest BCUT2D eigenvalue weighted by molar-refractivity contribution is 0.581. The molecule has 6 heteroatoms. The van der Waals surface area contributed by atoms with Gasteiger partial charge in [0.1, 0.15) is 4.90 Å². The van der Waals surface area contributed by atoms with Crippen LogP contribution in [0.4, 0.5) is 5.69 Å². The van der Waals surface area contributed by atoms with E-state index < -0.39 is 10.0 Å². The molecule has 0 saturated heterocycles. The molecule has 20 heavy (non-hydrogen) atoms. The quantitative estimate of drug-likeness (QED) is 0.878. The van der Waals surface area contributed by atoms with Crippen molar-refractivity contribution in [3.63, 3.8) is 0 Å². The van der Waals surface area contributed by atoms with Gasteiger partial charge in [0, 0.05) is 18.9 Å². The third kappa shape index (κ3) is 3.15. The van der Waals surface area contributed by atoms with Crippen LogP contribution in [0.25, 0.3) is 0 Å². The zero-order valence-corrected chi connectivity index (χ0v) is 12.0. The standard InChI is InChI=1S/C14H17N3O2S/c1-2-11-5-3-4-6-12(11)9-17-20(18,19)14-10-16-8-7-13(14)15/h3-8,10,17H,2,9H2,1H3,(H2,15,16). The van der Waals surface area contributed by atoms with Crippen molar-refractivity contribution in [1.82, 2.24) is 9.71 Å². The van der Waals surface area contributed by atoms with Crippen molar-refractivity contribution in [1.29, 1.82) is 0 Å². The molecule has 0 bridgehead atoms. The van der Waals surface area contributed by atoms with Crippen LogP contribution in [0.1, 0.15) is 18.1 Å². The molecule has 0 aliphatic heterocycles. The van der Waals surface area contributed by atoms with Crippen molar-refractivity contribution in [2.75, 3.05) is 5.73 Å². The summed E-state index contributed by atoms with van der Waals surface area (Å²) in [6, 6.07) is 9.20. The molecule has 0 amide bonds. The number of hydrogen-bond donors (Lipinski definition) is 2. The Morgan fingerprint density at radius 2 is 1.90 bits per heavy atom. The number of pyridine rings is 1. The fourth-order valence-corrected chi connectivity index (χ4v) is 3.02. The second-order valence-corrected chi connectivity index (χ2v) is 6.10. The Balaban J connectivity index is 2.20. The van der Waals surface area contributed by atoms with Gasteiger partial charge < -0.3 is 5.73 Å². The Hall–Kier alpha value is -1.92. The van der Waals surface area contributed by atoms with Gasteiger partial charge in [0.2, 0.25) is 10.0 Å². The summed E-state index contributed by atoms with van der Waals surface area (Å²) in [7, 11) is -3.65. The zero-order chi connectivity index (χ0) is 14.6. The van der Waals surface area contributed by atoms with E-state index in [-0.39, 0.29) is 17.1 Å². The van der Waals surface area contributed by atoms with E-state index in [1.165, 1.54) is 18.5 Å². The van der Waals surface area contributed by atoms with Crippen LogP contribution in [-0.2, 0) is 23.0 Å². The molecule has 0 unspecified atom stereocenters. The Kier molecular flexibility index (Phi) is 4.36. The second-order valence-electron chi connectivity index (χ2n) is 4.36. The molecule has 2 rings (SSSR count). The number of rotatable bonds is 5. The van der Waals surface area contributed by atoms with E-state index in [0.717, 1.165) is 17.5 Å². The number of nitrogens with one attached hydrogen (secondary N) is 1. The topological polar surface area (TPSA) is 85.1 Å². The van der Waals surface area contributed by atoms with Gasteiger partial charge in [0.15, 0.2) is 0 Å². The van der Waals surface area contributed by atoms with Gasteiger partial charge in [-0.2, -0.15) is 0 Å². The smallest absolute Gasteiger partial charge is 0.244 e. The monoisotopic (exact) mass is 291 g/mol. The molecule has 3 N–H and O–H groups in total. The average molecular weight is 291 g/mol. The van der Waals surface area contributed by atoms with Gasteiger partial charge in [-0.25, -0.2) is 13.1 Å². The summed E-state index contributed by atoms with van der Waals surface area (Å²) < 4.78 is 26.9. The van der Waals surface area contributed by atoms with Crippen LogP contribution < -0.4 is 10.5 Å². The Bertz CT molecular complexity index is 699. The van der Waals surface area contributed by atoms with Gasteiger partial charge in [0.05, 0.1) is 5.69 Å². The minimum absolute atomic E-state index is 0.00831. The number of nitrogen functional groups attached to an aromatic ring is 1. The van der Waals surface area contributed by atoms with Gasteiger partial charge in [-0.05, 0) is 23.6 Å². The maximum Gasteiger partial charge on any atom is 0.244 e. The van der Waals surface area contributed by atoms with Crippen LogP contribution in [0.3, 0.4) is 0 Å². The lowest BCUT2D eigenvalue weighted by atomic mass is 10.1. The summed E-state index contributed by atoms with van der Waals surface area (Å²) >= 11 is 0. The first kappa shape index (κ1) is 14.5. The van der Waals surface area contributed by atoms with Crippen molar-refractivity contribution >= 4 is 15.7 Å². The highest BCUT2D eigenvalue weighted by Crippen LogP contribution is 2.16. The van der Waals surface area contributed by atoms with E-state index in [2.05, 4.69) is 9.71 Å². The highest BCUT2D eigenvalue weighted by atomic mass is 32.2. The average Bonchev–Trinajstić information content (AvgIpc) is 2.46. The first-order valence-electron chi connectivity index (χ1n) is 6.30. The molecule has 1 aromatic carbocycles.